The monoisotopic (exact) mass is 332 g/mol. The SMILES string of the molecule is CC(=O)Nc1cccc(NC(=O)c2ccc(-c3ccccn3)nc2)c1. The van der Waals surface area contributed by atoms with Crippen LogP contribution in [0, 0.1) is 0 Å². The van der Waals surface area contributed by atoms with Crippen LogP contribution in [0.2, 0.25) is 0 Å². The molecule has 0 spiro atoms. The fourth-order valence-corrected chi connectivity index (χ4v) is 2.28. The summed E-state index contributed by atoms with van der Waals surface area (Å²) in [6, 6.07) is 16.0. The van der Waals surface area contributed by atoms with Crippen LogP contribution in [0.3, 0.4) is 0 Å². The maximum Gasteiger partial charge on any atom is 0.257 e. The van der Waals surface area contributed by atoms with Crippen LogP contribution >= 0.6 is 0 Å². The molecule has 0 aliphatic carbocycles. The molecule has 2 amide bonds. The molecule has 0 aliphatic rings. The van der Waals surface area contributed by atoms with Crippen LogP contribution in [0.25, 0.3) is 11.4 Å². The van der Waals surface area contributed by atoms with Crippen molar-refractivity contribution in [2.24, 2.45) is 0 Å². The number of carbonyl (C=O) groups excluding carboxylic acids is 2. The molecule has 0 radical (unpaired) electrons. The van der Waals surface area contributed by atoms with E-state index in [-0.39, 0.29) is 11.8 Å². The van der Waals surface area contributed by atoms with Crippen molar-refractivity contribution in [2.45, 2.75) is 6.92 Å². The van der Waals surface area contributed by atoms with Gasteiger partial charge in [-0.2, -0.15) is 0 Å². The van der Waals surface area contributed by atoms with Crippen molar-refractivity contribution in [1.82, 2.24) is 9.97 Å². The molecule has 0 unspecified atom stereocenters. The van der Waals surface area contributed by atoms with Crippen molar-refractivity contribution in [1.29, 1.82) is 0 Å². The zero-order valence-electron chi connectivity index (χ0n) is 13.6. The van der Waals surface area contributed by atoms with Gasteiger partial charge in [-0.1, -0.05) is 12.1 Å². The number of nitrogens with one attached hydrogen (secondary N) is 2. The lowest BCUT2D eigenvalue weighted by Crippen LogP contribution is -2.13. The summed E-state index contributed by atoms with van der Waals surface area (Å²) >= 11 is 0. The molecule has 6 heteroatoms. The predicted molar refractivity (Wildman–Crippen MR) is 96.2 cm³/mol. The lowest BCUT2D eigenvalue weighted by molar-refractivity contribution is -0.114. The van der Waals surface area contributed by atoms with Gasteiger partial charge in [0.05, 0.1) is 17.0 Å². The molecule has 3 rings (SSSR count). The second-order valence-corrected chi connectivity index (χ2v) is 5.36. The Morgan fingerprint density at radius 3 is 2.24 bits per heavy atom. The highest BCUT2D eigenvalue weighted by Gasteiger charge is 2.08. The molecule has 0 saturated carbocycles. The van der Waals surface area contributed by atoms with Gasteiger partial charge in [-0.15, -0.1) is 0 Å². The largest absolute Gasteiger partial charge is 0.326 e. The van der Waals surface area contributed by atoms with Crippen molar-refractivity contribution in [3.8, 4) is 11.4 Å². The highest BCUT2D eigenvalue weighted by molar-refractivity contribution is 6.04. The quantitative estimate of drug-likeness (QED) is 0.767. The minimum Gasteiger partial charge on any atom is -0.326 e. The van der Waals surface area contributed by atoms with Gasteiger partial charge in [-0.25, -0.2) is 0 Å². The number of aromatic nitrogens is 2. The van der Waals surface area contributed by atoms with Crippen LogP contribution in [0.5, 0.6) is 0 Å². The number of amides is 2. The normalized spacial score (nSPS) is 10.1. The second-order valence-electron chi connectivity index (χ2n) is 5.36. The molecule has 0 saturated heterocycles. The first-order chi connectivity index (χ1) is 12.1. The molecule has 0 aliphatic heterocycles. The van der Waals surface area contributed by atoms with E-state index in [0.717, 1.165) is 5.69 Å². The van der Waals surface area contributed by atoms with Gasteiger partial charge in [0.1, 0.15) is 0 Å². The molecule has 3 aromatic rings. The Morgan fingerprint density at radius 1 is 0.840 bits per heavy atom. The van der Waals surface area contributed by atoms with Gasteiger partial charge in [0.15, 0.2) is 0 Å². The Kier molecular flexibility index (Phi) is 4.80. The van der Waals surface area contributed by atoms with E-state index in [1.807, 2.05) is 18.2 Å². The molecule has 25 heavy (non-hydrogen) atoms. The molecule has 0 bridgehead atoms. The predicted octanol–water partition coefficient (Wildman–Crippen LogP) is 3.35. The third-order valence-electron chi connectivity index (χ3n) is 3.39. The number of rotatable bonds is 4. The molecule has 0 atom stereocenters. The first-order valence-corrected chi connectivity index (χ1v) is 7.68. The summed E-state index contributed by atoms with van der Waals surface area (Å²) in [4.78, 5) is 32.0. The van der Waals surface area contributed by atoms with E-state index in [9.17, 15) is 9.59 Å². The number of benzene rings is 1. The number of hydrogen-bond donors (Lipinski definition) is 2. The smallest absolute Gasteiger partial charge is 0.257 e. The summed E-state index contributed by atoms with van der Waals surface area (Å²) < 4.78 is 0. The highest BCUT2D eigenvalue weighted by Crippen LogP contribution is 2.17. The number of pyridine rings is 2. The third kappa shape index (κ3) is 4.26. The topological polar surface area (TPSA) is 84.0 Å². The van der Waals surface area contributed by atoms with Crippen LogP contribution in [0.4, 0.5) is 11.4 Å². The molecule has 124 valence electrons. The van der Waals surface area contributed by atoms with Gasteiger partial charge in [0.2, 0.25) is 5.91 Å². The molecule has 2 aromatic heterocycles. The number of hydrogen-bond acceptors (Lipinski definition) is 4. The van der Waals surface area contributed by atoms with E-state index in [0.29, 0.717) is 22.6 Å². The number of nitrogens with zero attached hydrogens (tertiary/aromatic N) is 2. The van der Waals surface area contributed by atoms with Crippen molar-refractivity contribution < 1.29 is 9.59 Å². The van der Waals surface area contributed by atoms with Crippen LogP contribution in [-0.2, 0) is 4.79 Å². The lowest BCUT2D eigenvalue weighted by atomic mass is 10.2. The molecule has 2 N–H and O–H groups in total. The summed E-state index contributed by atoms with van der Waals surface area (Å²) in [5.41, 5.74) is 3.09. The summed E-state index contributed by atoms with van der Waals surface area (Å²) in [6.45, 7) is 1.43. The van der Waals surface area contributed by atoms with E-state index in [1.165, 1.54) is 13.1 Å². The minimum atomic E-state index is -0.278. The average molecular weight is 332 g/mol. The zero-order chi connectivity index (χ0) is 17.6. The van der Waals surface area contributed by atoms with Gasteiger partial charge in [-0.3, -0.25) is 19.6 Å². The van der Waals surface area contributed by atoms with E-state index in [1.54, 1.807) is 42.6 Å². The minimum absolute atomic E-state index is 0.169. The zero-order valence-corrected chi connectivity index (χ0v) is 13.6. The van der Waals surface area contributed by atoms with Crippen LogP contribution in [0.15, 0.2) is 67.0 Å². The van der Waals surface area contributed by atoms with Crippen LogP contribution < -0.4 is 10.6 Å². The highest BCUT2D eigenvalue weighted by atomic mass is 16.2. The van der Waals surface area contributed by atoms with E-state index < -0.39 is 0 Å². The summed E-state index contributed by atoms with van der Waals surface area (Å²) in [5, 5.41) is 5.46. The van der Waals surface area contributed by atoms with Crippen molar-refractivity contribution in [3.63, 3.8) is 0 Å². The van der Waals surface area contributed by atoms with Crippen molar-refractivity contribution in [3.05, 3.63) is 72.6 Å². The molecular weight excluding hydrogens is 316 g/mol. The molecule has 1 aromatic carbocycles. The standard InChI is InChI=1S/C19H16N4O2/c1-13(24)22-15-5-4-6-16(11-15)23-19(25)14-8-9-18(21-12-14)17-7-2-3-10-20-17/h2-12H,1H3,(H,22,24)(H,23,25). The van der Waals surface area contributed by atoms with E-state index >= 15 is 0 Å². The Morgan fingerprint density at radius 2 is 1.60 bits per heavy atom. The van der Waals surface area contributed by atoms with Crippen molar-refractivity contribution in [2.75, 3.05) is 10.6 Å². The Balaban J connectivity index is 1.72. The van der Waals surface area contributed by atoms with E-state index in [4.69, 9.17) is 0 Å². The second kappa shape index (κ2) is 7.35. The summed E-state index contributed by atoms with van der Waals surface area (Å²) in [5.74, 6) is -0.446. The average Bonchev–Trinajstić information content (AvgIpc) is 2.62. The fraction of sp³-hybridized carbons (Fsp3) is 0.0526. The van der Waals surface area contributed by atoms with Gasteiger partial charge in [-0.05, 0) is 42.5 Å². The van der Waals surface area contributed by atoms with Gasteiger partial charge < -0.3 is 10.6 Å². The first kappa shape index (κ1) is 16.3. The van der Waals surface area contributed by atoms with Gasteiger partial charge in [0.25, 0.3) is 5.91 Å². The summed E-state index contributed by atoms with van der Waals surface area (Å²) in [7, 11) is 0. The maximum absolute atomic E-state index is 12.3. The molecule has 0 fully saturated rings. The molecule has 2 heterocycles. The fourth-order valence-electron chi connectivity index (χ4n) is 2.28. The number of carbonyl (C=O) groups is 2. The Bertz CT molecular complexity index is 893. The van der Waals surface area contributed by atoms with Gasteiger partial charge >= 0.3 is 0 Å². The summed E-state index contributed by atoms with van der Waals surface area (Å²) in [6.07, 6.45) is 3.21. The lowest BCUT2D eigenvalue weighted by Gasteiger charge is -2.08. The Hall–Kier alpha value is -3.54. The molecule has 6 nitrogen and oxygen atoms in total. The third-order valence-corrected chi connectivity index (χ3v) is 3.39. The number of anilines is 2. The van der Waals surface area contributed by atoms with Crippen molar-refractivity contribution >= 4 is 23.2 Å². The van der Waals surface area contributed by atoms with Crippen LogP contribution in [-0.4, -0.2) is 21.8 Å². The Labute approximate surface area is 145 Å². The maximum atomic E-state index is 12.3. The van der Waals surface area contributed by atoms with E-state index in [2.05, 4.69) is 20.6 Å². The molecular formula is C19H16N4O2. The first-order valence-electron chi connectivity index (χ1n) is 7.68. The van der Waals surface area contributed by atoms with Crippen LogP contribution in [0.1, 0.15) is 17.3 Å². The van der Waals surface area contributed by atoms with Gasteiger partial charge in [0, 0.05) is 30.7 Å².